The second-order valence-corrected chi connectivity index (χ2v) is 8.77. The summed E-state index contributed by atoms with van der Waals surface area (Å²) in [4.78, 5) is 29.2. The number of pyridine rings is 1. The number of amides is 2. The normalized spacial score (nSPS) is 10.9. The summed E-state index contributed by atoms with van der Waals surface area (Å²) in [7, 11) is -3.95. The predicted molar refractivity (Wildman–Crippen MR) is 119 cm³/mol. The Balaban J connectivity index is 1.75. The highest BCUT2D eigenvalue weighted by atomic mass is 32.2. The lowest BCUT2D eigenvalue weighted by molar-refractivity contribution is -0.114. The third kappa shape index (κ3) is 5.88. The zero-order valence-electron chi connectivity index (χ0n) is 17.2. The third-order valence-corrected chi connectivity index (χ3v) is 5.56. The molecule has 8 nitrogen and oxygen atoms in total. The average molecular weight is 456 g/mol. The molecule has 0 fully saturated rings. The number of halogens is 1. The number of carbonyl (C=O) groups excluding carboxylic acids is 2. The van der Waals surface area contributed by atoms with Crippen LogP contribution in [0, 0.1) is 5.82 Å². The highest BCUT2D eigenvalue weighted by Gasteiger charge is 2.24. The lowest BCUT2D eigenvalue weighted by atomic mass is 10.1. The van der Waals surface area contributed by atoms with Crippen LogP contribution in [0.5, 0.6) is 0 Å². The number of hydrogen-bond donors (Lipinski definition) is 2. The molecule has 2 N–H and O–H groups in total. The topological polar surface area (TPSA) is 108 Å². The molecule has 0 saturated carbocycles. The molecule has 3 rings (SSSR count). The summed E-state index contributed by atoms with van der Waals surface area (Å²) in [6, 6.07) is 15.1. The summed E-state index contributed by atoms with van der Waals surface area (Å²) < 4.78 is 39.2. The molecular formula is C22H21FN4O4S. The second kappa shape index (κ2) is 10.0. The van der Waals surface area contributed by atoms with E-state index in [4.69, 9.17) is 0 Å². The molecule has 0 bridgehead atoms. The van der Waals surface area contributed by atoms with E-state index in [9.17, 15) is 22.4 Å². The van der Waals surface area contributed by atoms with Crippen LogP contribution in [0.1, 0.15) is 15.9 Å². The van der Waals surface area contributed by atoms with Gasteiger partial charge in [0.05, 0.1) is 23.2 Å². The van der Waals surface area contributed by atoms with Crippen molar-refractivity contribution >= 4 is 33.2 Å². The van der Waals surface area contributed by atoms with Crippen molar-refractivity contribution in [1.82, 2.24) is 10.3 Å². The standard InChI is InChI=1S/C22H21FN4O4S/c1-32(30,31)27(20-11-5-3-9-18(20)23)15-21(28)26-19-10-4-2-8-17(19)22(29)25-14-16-7-6-12-24-13-16/h2-13H,14-15H2,1H3,(H,25,29)(H,26,28). The van der Waals surface area contributed by atoms with Gasteiger partial charge in [-0.05, 0) is 35.9 Å². The van der Waals surface area contributed by atoms with Crippen molar-refractivity contribution in [1.29, 1.82) is 0 Å². The number of benzene rings is 2. The van der Waals surface area contributed by atoms with Crippen molar-refractivity contribution < 1.29 is 22.4 Å². The molecule has 0 radical (unpaired) electrons. The SMILES string of the molecule is CS(=O)(=O)N(CC(=O)Nc1ccccc1C(=O)NCc1cccnc1)c1ccccc1F. The minimum atomic E-state index is -3.95. The highest BCUT2D eigenvalue weighted by molar-refractivity contribution is 7.92. The van der Waals surface area contributed by atoms with Crippen molar-refractivity contribution in [2.24, 2.45) is 0 Å². The van der Waals surface area contributed by atoms with Crippen LogP contribution in [0.15, 0.2) is 73.1 Å². The maximum absolute atomic E-state index is 14.1. The number of rotatable bonds is 8. The Labute approximate surface area is 185 Å². The fourth-order valence-corrected chi connectivity index (χ4v) is 3.78. The van der Waals surface area contributed by atoms with E-state index in [0.717, 1.165) is 17.9 Å². The molecule has 0 aliphatic rings. The number of carbonyl (C=O) groups is 2. The largest absolute Gasteiger partial charge is 0.348 e. The third-order valence-electron chi connectivity index (χ3n) is 4.43. The van der Waals surface area contributed by atoms with E-state index >= 15 is 0 Å². The molecule has 1 heterocycles. The van der Waals surface area contributed by atoms with Gasteiger partial charge in [-0.2, -0.15) is 0 Å². The van der Waals surface area contributed by atoms with Crippen LogP contribution in [0.2, 0.25) is 0 Å². The maximum Gasteiger partial charge on any atom is 0.253 e. The monoisotopic (exact) mass is 456 g/mol. The van der Waals surface area contributed by atoms with Gasteiger partial charge in [-0.25, -0.2) is 12.8 Å². The minimum absolute atomic E-state index is 0.196. The first-order chi connectivity index (χ1) is 15.3. The van der Waals surface area contributed by atoms with E-state index in [-0.39, 0.29) is 23.5 Å². The summed E-state index contributed by atoms with van der Waals surface area (Å²) in [6.07, 6.45) is 4.13. The molecule has 0 unspecified atom stereocenters. The van der Waals surface area contributed by atoms with Gasteiger partial charge in [0.2, 0.25) is 15.9 Å². The van der Waals surface area contributed by atoms with Crippen LogP contribution < -0.4 is 14.9 Å². The van der Waals surface area contributed by atoms with Crippen LogP contribution >= 0.6 is 0 Å². The highest BCUT2D eigenvalue weighted by Crippen LogP contribution is 2.22. The number of nitrogens with one attached hydrogen (secondary N) is 2. The molecule has 10 heteroatoms. The summed E-state index contributed by atoms with van der Waals surface area (Å²) in [6.45, 7) is -0.421. The van der Waals surface area contributed by atoms with E-state index in [0.29, 0.717) is 4.31 Å². The summed E-state index contributed by atoms with van der Waals surface area (Å²) in [5.74, 6) is -1.94. The number of nitrogens with zero attached hydrogens (tertiary/aromatic N) is 2. The summed E-state index contributed by atoms with van der Waals surface area (Å²) in [5.41, 5.74) is 0.952. The van der Waals surface area contributed by atoms with Crippen molar-refractivity contribution in [2.45, 2.75) is 6.54 Å². The van der Waals surface area contributed by atoms with E-state index in [1.54, 1.807) is 30.6 Å². The molecule has 1 aromatic heterocycles. The average Bonchev–Trinajstić information content (AvgIpc) is 2.77. The van der Waals surface area contributed by atoms with Crippen LogP contribution in [-0.4, -0.2) is 38.0 Å². The van der Waals surface area contributed by atoms with E-state index < -0.39 is 34.2 Å². The Morgan fingerprint density at radius 3 is 2.44 bits per heavy atom. The van der Waals surface area contributed by atoms with Crippen LogP contribution in [0.25, 0.3) is 0 Å². The Morgan fingerprint density at radius 2 is 1.75 bits per heavy atom. The van der Waals surface area contributed by atoms with Gasteiger partial charge in [-0.3, -0.25) is 18.9 Å². The number of hydrogen-bond acceptors (Lipinski definition) is 5. The van der Waals surface area contributed by atoms with Crippen molar-refractivity contribution in [3.05, 3.63) is 90.0 Å². The fraction of sp³-hybridized carbons (Fsp3) is 0.136. The lowest BCUT2D eigenvalue weighted by Crippen LogP contribution is -2.38. The molecule has 166 valence electrons. The van der Waals surface area contributed by atoms with Gasteiger partial charge in [0, 0.05) is 18.9 Å². The molecule has 2 aromatic carbocycles. The summed E-state index contributed by atoms with van der Waals surface area (Å²) >= 11 is 0. The zero-order chi connectivity index (χ0) is 23.1. The lowest BCUT2D eigenvalue weighted by Gasteiger charge is -2.22. The van der Waals surface area contributed by atoms with Crippen molar-refractivity contribution in [2.75, 3.05) is 22.4 Å². The minimum Gasteiger partial charge on any atom is -0.348 e. The van der Waals surface area contributed by atoms with Crippen LogP contribution in [0.4, 0.5) is 15.8 Å². The van der Waals surface area contributed by atoms with Gasteiger partial charge >= 0.3 is 0 Å². The smallest absolute Gasteiger partial charge is 0.253 e. The number of sulfonamides is 1. The first-order valence-corrected chi connectivity index (χ1v) is 11.4. The first-order valence-electron chi connectivity index (χ1n) is 9.54. The Kier molecular flexibility index (Phi) is 7.16. The maximum atomic E-state index is 14.1. The first kappa shape index (κ1) is 22.9. The molecule has 0 saturated heterocycles. The van der Waals surface area contributed by atoms with Gasteiger partial charge in [0.25, 0.3) is 5.91 Å². The molecule has 0 aliphatic heterocycles. The molecular weight excluding hydrogens is 435 g/mol. The molecule has 3 aromatic rings. The van der Waals surface area contributed by atoms with Gasteiger partial charge in [-0.1, -0.05) is 30.3 Å². The Morgan fingerprint density at radius 1 is 1.03 bits per heavy atom. The molecule has 32 heavy (non-hydrogen) atoms. The van der Waals surface area contributed by atoms with Gasteiger partial charge < -0.3 is 10.6 Å². The molecule has 0 aliphatic carbocycles. The number of aromatic nitrogens is 1. The Bertz CT molecular complexity index is 1220. The van der Waals surface area contributed by atoms with Crippen molar-refractivity contribution in [3.63, 3.8) is 0 Å². The van der Waals surface area contributed by atoms with E-state index in [1.807, 2.05) is 6.07 Å². The van der Waals surface area contributed by atoms with Crippen LogP contribution in [0.3, 0.4) is 0 Å². The fourth-order valence-electron chi connectivity index (χ4n) is 2.93. The number of anilines is 2. The molecule has 0 spiro atoms. The molecule has 0 atom stereocenters. The Hall–Kier alpha value is -3.79. The van der Waals surface area contributed by atoms with E-state index in [2.05, 4.69) is 15.6 Å². The zero-order valence-corrected chi connectivity index (χ0v) is 18.0. The van der Waals surface area contributed by atoms with Gasteiger partial charge in [0.1, 0.15) is 12.4 Å². The molecule has 2 amide bonds. The quantitative estimate of drug-likeness (QED) is 0.542. The van der Waals surface area contributed by atoms with Crippen LogP contribution in [-0.2, 0) is 21.4 Å². The number of para-hydroxylation sites is 2. The van der Waals surface area contributed by atoms with Gasteiger partial charge in [-0.15, -0.1) is 0 Å². The summed E-state index contributed by atoms with van der Waals surface area (Å²) in [5, 5.41) is 5.28. The van der Waals surface area contributed by atoms with Gasteiger partial charge in [0.15, 0.2) is 0 Å². The second-order valence-electron chi connectivity index (χ2n) is 6.86. The van der Waals surface area contributed by atoms with E-state index in [1.165, 1.54) is 30.3 Å². The van der Waals surface area contributed by atoms with Crippen molar-refractivity contribution in [3.8, 4) is 0 Å². The predicted octanol–water partition coefficient (Wildman–Crippen LogP) is 2.56.